The van der Waals surface area contributed by atoms with Crippen LogP contribution in [-0.2, 0) is 11.2 Å². The number of rotatable bonds is 7. The van der Waals surface area contributed by atoms with E-state index in [1.807, 2.05) is 24.3 Å². The third-order valence-electron chi connectivity index (χ3n) is 3.94. The van der Waals surface area contributed by atoms with Gasteiger partial charge in [-0.25, -0.2) is 4.79 Å². The predicted octanol–water partition coefficient (Wildman–Crippen LogP) is 3.89. The van der Waals surface area contributed by atoms with Gasteiger partial charge in [0.25, 0.3) is 0 Å². The molecule has 0 saturated heterocycles. The van der Waals surface area contributed by atoms with Gasteiger partial charge >= 0.3 is 5.97 Å². The number of halogens is 2. The first-order chi connectivity index (χ1) is 13.4. The van der Waals surface area contributed by atoms with Gasteiger partial charge in [-0.2, -0.15) is 5.26 Å². The topological polar surface area (TPSA) is 112 Å². The van der Waals surface area contributed by atoms with E-state index < -0.39 is 5.97 Å². The number of esters is 1. The van der Waals surface area contributed by atoms with E-state index in [9.17, 15) is 10.1 Å². The minimum absolute atomic E-state index is 0.0208. The Morgan fingerprint density at radius 3 is 2.46 bits per heavy atom. The van der Waals surface area contributed by atoms with Gasteiger partial charge in [0.15, 0.2) is 0 Å². The SMILES string of the molecule is COC(=O)c1ccc(C(=N)/C(C#N)=C(/N)NCCc2cc(Br)ccc2Br)cc1. The van der Waals surface area contributed by atoms with Crippen LogP contribution in [-0.4, -0.2) is 25.3 Å². The minimum atomic E-state index is -0.464. The number of hydrogen-bond donors (Lipinski definition) is 3. The summed E-state index contributed by atoms with van der Waals surface area (Å²) in [6, 6.07) is 14.1. The maximum atomic E-state index is 11.5. The zero-order chi connectivity index (χ0) is 20.7. The number of nitrogens with two attached hydrogens (primary N) is 1. The molecule has 4 N–H and O–H groups in total. The van der Waals surface area contributed by atoms with Gasteiger partial charge in [-0.05, 0) is 42.3 Å². The number of nitriles is 1. The lowest BCUT2D eigenvalue weighted by Crippen LogP contribution is -2.26. The molecule has 8 heteroatoms. The van der Waals surface area contributed by atoms with Crippen molar-refractivity contribution in [2.45, 2.75) is 6.42 Å². The van der Waals surface area contributed by atoms with Gasteiger partial charge in [-0.15, -0.1) is 0 Å². The van der Waals surface area contributed by atoms with Crippen LogP contribution >= 0.6 is 31.9 Å². The Labute approximate surface area is 180 Å². The van der Waals surface area contributed by atoms with Crippen molar-refractivity contribution < 1.29 is 9.53 Å². The number of nitrogens with one attached hydrogen (secondary N) is 2. The quantitative estimate of drug-likeness (QED) is 0.300. The summed E-state index contributed by atoms with van der Waals surface area (Å²) < 4.78 is 6.61. The van der Waals surface area contributed by atoms with E-state index in [0.717, 1.165) is 14.5 Å². The lowest BCUT2D eigenvalue weighted by atomic mass is 10.0. The van der Waals surface area contributed by atoms with Crippen molar-refractivity contribution in [3.63, 3.8) is 0 Å². The van der Waals surface area contributed by atoms with Crippen LogP contribution in [0.25, 0.3) is 0 Å². The molecule has 0 aliphatic rings. The van der Waals surface area contributed by atoms with Crippen molar-refractivity contribution in [3.8, 4) is 6.07 Å². The molecule has 0 spiro atoms. The Morgan fingerprint density at radius 1 is 1.21 bits per heavy atom. The van der Waals surface area contributed by atoms with Crippen LogP contribution in [0.2, 0.25) is 0 Å². The van der Waals surface area contributed by atoms with Crippen LogP contribution in [0.1, 0.15) is 21.5 Å². The Hall–Kier alpha value is -2.63. The Balaban J connectivity index is 2.10. The molecule has 2 aromatic rings. The van der Waals surface area contributed by atoms with E-state index >= 15 is 0 Å². The summed E-state index contributed by atoms with van der Waals surface area (Å²) >= 11 is 6.94. The van der Waals surface area contributed by atoms with Crippen LogP contribution in [0.3, 0.4) is 0 Å². The van der Waals surface area contributed by atoms with Crippen LogP contribution < -0.4 is 11.1 Å². The van der Waals surface area contributed by atoms with Gasteiger partial charge in [0.05, 0.1) is 18.4 Å². The van der Waals surface area contributed by atoms with Gasteiger partial charge in [0.1, 0.15) is 17.5 Å². The highest BCUT2D eigenvalue weighted by Crippen LogP contribution is 2.21. The highest BCUT2D eigenvalue weighted by Gasteiger charge is 2.13. The van der Waals surface area contributed by atoms with Crippen molar-refractivity contribution in [2.75, 3.05) is 13.7 Å². The van der Waals surface area contributed by atoms with Gasteiger partial charge in [0, 0.05) is 21.1 Å². The second-order valence-electron chi connectivity index (χ2n) is 5.76. The Morgan fingerprint density at radius 2 is 1.86 bits per heavy atom. The molecule has 0 saturated carbocycles. The standard InChI is InChI=1S/C20H18Br2N4O2/c1-28-20(27)13-4-2-12(3-5-13)18(24)16(11-23)19(25)26-9-8-14-10-15(21)6-7-17(14)22/h2-7,10,24,26H,8-9,25H2,1H3/b19-16-,24-18?. The van der Waals surface area contributed by atoms with E-state index in [4.69, 9.17) is 11.1 Å². The number of benzene rings is 2. The summed E-state index contributed by atoms with van der Waals surface area (Å²) in [5, 5.41) is 20.7. The molecule has 0 bridgehead atoms. The normalized spacial score (nSPS) is 11.2. The van der Waals surface area contributed by atoms with Gasteiger partial charge in [0.2, 0.25) is 0 Å². The molecule has 144 valence electrons. The average molecular weight is 506 g/mol. The molecule has 2 aromatic carbocycles. The molecule has 0 fully saturated rings. The molecular weight excluding hydrogens is 488 g/mol. The fourth-order valence-electron chi connectivity index (χ4n) is 2.44. The molecule has 28 heavy (non-hydrogen) atoms. The summed E-state index contributed by atoms with van der Waals surface area (Å²) in [5.74, 6) is -0.329. The molecule has 6 nitrogen and oxygen atoms in total. The van der Waals surface area contributed by atoms with Crippen molar-refractivity contribution in [1.29, 1.82) is 10.7 Å². The van der Waals surface area contributed by atoms with Crippen molar-refractivity contribution in [3.05, 3.63) is 79.5 Å². The molecule has 0 heterocycles. The first-order valence-electron chi connectivity index (χ1n) is 8.22. The lowest BCUT2D eigenvalue weighted by Gasteiger charge is -2.11. The monoisotopic (exact) mass is 504 g/mol. The Kier molecular flexibility index (Phi) is 7.79. The number of allylic oxidation sites excluding steroid dienone is 1. The van der Waals surface area contributed by atoms with Crippen molar-refractivity contribution in [2.24, 2.45) is 5.73 Å². The summed E-state index contributed by atoms with van der Waals surface area (Å²) in [6.45, 7) is 0.501. The van der Waals surface area contributed by atoms with Crippen LogP contribution in [0, 0.1) is 16.7 Å². The third kappa shape index (κ3) is 5.44. The maximum Gasteiger partial charge on any atom is 0.337 e. The second-order valence-corrected chi connectivity index (χ2v) is 7.53. The highest BCUT2D eigenvalue weighted by molar-refractivity contribution is 9.11. The predicted molar refractivity (Wildman–Crippen MR) is 115 cm³/mol. The maximum absolute atomic E-state index is 11.5. The molecule has 0 atom stereocenters. The summed E-state index contributed by atoms with van der Waals surface area (Å²) in [5.41, 5.74) is 7.96. The van der Waals surface area contributed by atoms with Gasteiger partial charge < -0.3 is 15.8 Å². The summed E-state index contributed by atoms with van der Waals surface area (Å²) in [7, 11) is 1.30. The average Bonchev–Trinajstić information content (AvgIpc) is 2.70. The van der Waals surface area contributed by atoms with Crippen molar-refractivity contribution >= 4 is 43.5 Å². The first kappa shape index (κ1) is 21.7. The fourth-order valence-corrected chi connectivity index (χ4v) is 3.29. The molecule has 0 amide bonds. The second kappa shape index (κ2) is 10.1. The third-order valence-corrected chi connectivity index (χ3v) is 5.21. The molecule has 0 unspecified atom stereocenters. The summed E-state index contributed by atoms with van der Waals surface area (Å²) in [4.78, 5) is 11.5. The Bertz CT molecular complexity index is 963. The van der Waals surface area contributed by atoms with Gasteiger partial charge in [-0.1, -0.05) is 44.0 Å². The number of methoxy groups -OCH3 is 1. The van der Waals surface area contributed by atoms with E-state index in [0.29, 0.717) is 24.1 Å². The van der Waals surface area contributed by atoms with Crippen LogP contribution in [0.4, 0.5) is 0 Å². The number of hydrogen-bond acceptors (Lipinski definition) is 6. The molecule has 0 aromatic heterocycles. The molecule has 0 radical (unpaired) electrons. The number of ether oxygens (including phenoxy) is 1. The number of nitrogens with zero attached hydrogens (tertiary/aromatic N) is 1. The highest BCUT2D eigenvalue weighted by atomic mass is 79.9. The number of carbonyl (C=O) groups excluding carboxylic acids is 1. The largest absolute Gasteiger partial charge is 0.465 e. The van der Waals surface area contributed by atoms with Crippen LogP contribution in [0.15, 0.2) is 62.8 Å². The van der Waals surface area contributed by atoms with E-state index in [2.05, 4.69) is 41.9 Å². The zero-order valence-electron chi connectivity index (χ0n) is 15.1. The smallest absolute Gasteiger partial charge is 0.337 e. The van der Waals surface area contributed by atoms with Crippen molar-refractivity contribution in [1.82, 2.24) is 5.32 Å². The van der Waals surface area contributed by atoms with E-state index in [1.54, 1.807) is 24.3 Å². The summed E-state index contributed by atoms with van der Waals surface area (Å²) in [6.07, 6.45) is 0.681. The molecule has 0 aliphatic carbocycles. The lowest BCUT2D eigenvalue weighted by molar-refractivity contribution is 0.0600. The molecular formula is C20H18Br2N4O2. The van der Waals surface area contributed by atoms with E-state index in [-0.39, 0.29) is 17.1 Å². The minimum Gasteiger partial charge on any atom is -0.465 e. The van der Waals surface area contributed by atoms with E-state index in [1.165, 1.54) is 7.11 Å². The number of carbonyl (C=O) groups is 1. The zero-order valence-corrected chi connectivity index (χ0v) is 18.2. The van der Waals surface area contributed by atoms with Gasteiger partial charge in [-0.3, -0.25) is 5.41 Å². The van der Waals surface area contributed by atoms with Crippen LogP contribution in [0.5, 0.6) is 0 Å². The first-order valence-corrected chi connectivity index (χ1v) is 9.81. The fraction of sp³-hybridized carbons (Fsp3) is 0.150. The molecule has 0 aliphatic heterocycles. The molecule has 2 rings (SSSR count).